The molecule has 7 heteroatoms. The second-order valence-electron chi connectivity index (χ2n) is 7.77. The van der Waals surface area contributed by atoms with E-state index in [9.17, 15) is 9.90 Å². The van der Waals surface area contributed by atoms with Gasteiger partial charge in [-0.3, -0.25) is 4.79 Å². The Balaban J connectivity index is 1.92. The van der Waals surface area contributed by atoms with Crippen molar-refractivity contribution in [3.8, 4) is 11.1 Å². The summed E-state index contributed by atoms with van der Waals surface area (Å²) >= 11 is 6.48. The van der Waals surface area contributed by atoms with E-state index in [1.54, 1.807) is 32.0 Å². The van der Waals surface area contributed by atoms with Gasteiger partial charge >= 0.3 is 0 Å². The Kier molecular flexibility index (Phi) is 6.67. The maximum Gasteiger partial charge on any atom is 0.251 e. The van der Waals surface area contributed by atoms with Gasteiger partial charge in [0.2, 0.25) is 0 Å². The van der Waals surface area contributed by atoms with E-state index >= 15 is 0 Å². The fourth-order valence-corrected chi connectivity index (χ4v) is 3.49. The van der Waals surface area contributed by atoms with Crippen LogP contribution in [0.2, 0.25) is 5.02 Å². The molecular weight excluding hydrogens is 390 g/mol. The van der Waals surface area contributed by atoms with Crippen molar-refractivity contribution < 1.29 is 14.6 Å². The third-order valence-electron chi connectivity index (χ3n) is 4.84. The van der Waals surface area contributed by atoms with E-state index in [4.69, 9.17) is 16.3 Å². The van der Waals surface area contributed by atoms with Crippen LogP contribution in [0.25, 0.3) is 11.1 Å². The lowest BCUT2D eigenvalue weighted by Gasteiger charge is -2.31. The molecule has 1 saturated heterocycles. The Morgan fingerprint density at radius 1 is 1.21 bits per heavy atom. The van der Waals surface area contributed by atoms with Crippen molar-refractivity contribution in [2.75, 3.05) is 50.1 Å². The molecule has 0 saturated carbocycles. The molecule has 1 aliphatic heterocycles. The lowest BCUT2D eigenvalue weighted by atomic mass is 10.0. The molecule has 6 nitrogen and oxygen atoms in total. The smallest absolute Gasteiger partial charge is 0.251 e. The van der Waals surface area contributed by atoms with Crippen LogP contribution in [0.15, 0.2) is 36.4 Å². The van der Waals surface area contributed by atoms with Gasteiger partial charge in [0, 0.05) is 42.8 Å². The van der Waals surface area contributed by atoms with Gasteiger partial charge in [-0.05, 0) is 49.7 Å². The number of hydrogen-bond acceptors (Lipinski definition) is 5. The van der Waals surface area contributed by atoms with E-state index < -0.39 is 5.60 Å². The zero-order valence-electron chi connectivity index (χ0n) is 17.1. The number of carbonyl (C=O) groups excluding carboxylic acids is 1. The van der Waals surface area contributed by atoms with Gasteiger partial charge in [0.15, 0.2) is 0 Å². The topological polar surface area (TPSA) is 73.8 Å². The number of amides is 1. The SMILES string of the molecule is CNc1ccc(-c2cc(C(=O)NCC(C)(C)O)ccc2Cl)cc1N1CCOCC1. The zero-order chi connectivity index (χ0) is 21.0. The highest BCUT2D eigenvalue weighted by Gasteiger charge is 2.18. The molecule has 1 amide bonds. The first-order valence-electron chi connectivity index (χ1n) is 9.73. The van der Waals surface area contributed by atoms with Crippen LogP contribution in [0.1, 0.15) is 24.2 Å². The number of halogens is 1. The Labute approximate surface area is 176 Å². The molecule has 0 radical (unpaired) electrons. The molecule has 1 heterocycles. The molecule has 2 aromatic carbocycles. The molecule has 0 aliphatic carbocycles. The Hall–Kier alpha value is -2.28. The molecule has 0 bridgehead atoms. The van der Waals surface area contributed by atoms with Crippen molar-refractivity contribution in [1.82, 2.24) is 5.32 Å². The van der Waals surface area contributed by atoms with E-state index in [1.807, 2.05) is 19.2 Å². The summed E-state index contributed by atoms with van der Waals surface area (Å²) in [6.45, 7) is 6.52. The van der Waals surface area contributed by atoms with Crippen LogP contribution in [-0.4, -0.2) is 56.5 Å². The monoisotopic (exact) mass is 417 g/mol. The number of rotatable bonds is 6. The Bertz CT molecular complexity index is 874. The number of carbonyl (C=O) groups is 1. The third kappa shape index (κ3) is 5.41. The average molecular weight is 418 g/mol. The van der Waals surface area contributed by atoms with Crippen molar-refractivity contribution in [3.63, 3.8) is 0 Å². The molecule has 0 unspecified atom stereocenters. The lowest BCUT2D eigenvalue weighted by Crippen LogP contribution is -2.38. The minimum absolute atomic E-state index is 0.168. The minimum Gasteiger partial charge on any atom is -0.389 e. The van der Waals surface area contributed by atoms with Crippen LogP contribution in [-0.2, 0) is 4.74 Å². The molecule has 3 rings (SSSR count). The second kappa shape index (κ2) is 9.03. The van der Waals surface area contributed by atoms with Crippen LogP contribution in [0.4, 0.5) is 11.4 Å². The number of morpholine rings is 1. The van der Waals surface area contributed by atoms with Crippen LogP contribution < -0.4 is 15.5 Å². The van der Waals surface area contributed by atoms with E-state index in [2.05, 4.69) is 21.6 Å². The van der Waals surface area contributed by atoms with Crippen molar-refractivity contribution in [3.05, 3.63) is 47.0 Å². The standard InChI is InChI=1S/C22H28ClN3O3/c1-22(2,28)14-25-21(27)16-4-6-18(23)17(12-16)15-5-7-19(24-3)20(13-15)26-8-10-29-11-9-26/h4-7,12-13,24,28H,8-11,14H2,1-3H3,(H,25,27). The van der Waals surface area contributed by atoms with Gasteiger partial charge in [-0.25, -0.2) is 0 Å². The number of aliphatic hydroxyl groups is 1. The van der Waals surface area contributed by atoms with E-state index in [-0.39, 0.29) is 12.5 Å². The fraction of sp³-hybridized carbons (Fsp3) is 0.409. The first-order chi connectivity index (χ1) is 13.8. The summed E-state index contributed by atoms with van der Waals surface area (Å²) in [7, 11) is 1.90. The maximum atomic E-state index is 12.5. The Morgan fingerprint density at radius 3 is 2.59 bits per heavy atom. The van der Waals surface area contributed by atoms with Crippen LogP contribution >= 0.6 is 11.6 Å². The highest BCUT2D eigenvalue weighted by molar-refractivity contribution is 6.33. The summed E-state index contributed by atoms with van der Waals surface area (Å²) in [6.07, 6.45) is 0. The summed E-state index contributed by atoms with van der Waals surface area (Å²) < 4.78 is 5.47. The largest absolute Gasteiger partial charge is 0.389 e. The molecule has 3 N–H and O–H groups in total. The van der Waals surface area contributed by atoms with Crippen molar-refractivity contribution in [2.24, 2.45) is 0 Å². The van der Waals surface area contributed by atoms with Gasteiger partial charge in [0.1, 0.15) is 0 Å². The van der Waals surface area contributed by atoms with Gasteiger partial charge in [-0.2, -0.15) is 0 Å². The molecule has 29 heavy (non-hydrogen) atoms. The van der Waals surface area contributed by atoms with Gasteiger partial charge in [-0.1, -0.05) is 17.7 Å². The predicted molar refractivity (Wildman–Crippen MR) is 118 cm³/mol. The molecular formula is C22H28ClN3O3. The molecule has 1 aliphatic rings. The molecule has 0 spiro atoms. The normalized spacial score (nSPS) is 14.6. The summed E-state index contributed by atoms with van der Waals surface area (Å²) in [5, 5.41) is 16.4. The van der Waals surface area contributed by atoms with Crippen LogP contribution in [0.5, 0.6) is 0 Å². The molecule has 156 valence electrons. The van der Waals surface area contributed by atoms with Crippen LogP contribution in [0.3, 0.4) is 0 Å². The van der Waals surface area contributed by atoms with Crippen LogP contribution in [0, 0.1) is 0 Å². The van der Waals surface area contributed by atoms with Gasteiger partial charge in [0.05, 0.1) is 30.2 Å². The van der Waals surface area contributed by atoms with Gasteiger partial charge in [-0.15, -0.1) is 0 Å². The van der Waals surface area contributed by atoms with E-state index in [0.29, 0.717) is 23.8 Å². The van der Waals surface area contributed by atoms with E-state index in [0.717, 1.165) is 35.6 Å². The molecule has 2 aromatic rings. The number of benzene rings is 2. The highest BCUT2D eigenvalue weighted by atomic mass is 35.5. The number of hydrogen-bond donors (Lipinski definition) is 3. The quantitative estimate of drug-likeness (QED) is 0.671. The fourth-order valence-electron chi connectivity index (χ4n) is 3.26. The average Bonchev–Trinajstić information content (AvgIpc) is 2.72. The number of nitrogens with zero attached hydrogens (tertiary/aromatic N) is 1. The zero-order valence-corrected chi connectivity index (χ0v) is 17.8. The Morgan fingerprint density at radius 2 is 1.93 bits per heavy atom. The summed E-state index contributed by atoms with van der Waals surface area (Å²) in [4.78, 5) is 14.8. The van der Waals surface area contributed by atoms with Crippen molar-refractivity contribution in [2.45, 2.75) is 19.4 Å². The minimum atomic E-state index is -0.971. The summed E-state index contributed by atoms with van der Waals surface area (Å²) in [6, 6.07) is 11.3. The first kappa shape index (κ1) is 21.4. The lowest BCUT2D eigenvalue weighted by molar-refractivity contribution is 0.0694. The first-order valence-corrected chi connectivity index (χ1v) is 10.1. The summed E-state index contributed by atoms with van der Waals surface area (Å²) in [5.74, 6) is -0.245. The highest BCUT2D eigenvalue weighted by Crippen LogP contribution is 2.35. The molecule has 0 atom stereocenters. The van der Waals surface area contributed by atoms with Gasteiger partial charge in [0.25, 0.3) is 5.91 Å². The summed E-state index contributed by atoms with van der Waals surface area (Å²) in [5.41, 5.74) is 3.37. The molecule has 1 fully saturated rings. The van der Waals surface area contributed by atoms with Gasteiger partial charge < -0.3 is 25.4 Å². The predicted octanol–water partition coefficient (Wildman–Crippen LogP) is 3.39. The molecule has 0 aromatic heterocycles. The van der Waals surface area contributed by atoms with Crippen molar-refractivity contribution in [1.29, 1.82) is 0 Å². The second-order valence-corrected chi connectivity index (χ2v) is 8.18. The third-order valence-corrected chi connectivity index (χ3v) is 5.17. The van der Waals surface area contributed by atoms with E-state index in [1.165, 1.54) is 0 Å². The number of anilines is 2. The number of nitrogens with one attached hydrogen (secondary N) is 2. The maximum absolute atomic E-state index is 12.5. The van der Waals surface area contributed by atoms with Crippen molar-refractivity contribution >= 4 is 28.9 Å². The number of ether oxygens (including phenoxy) is 1.